The first-order valence-electron chi connectivity index (χ1n) is 6.13. The Morgan fingerprint density at radius 2 is 1.48 bits per heavy atom. The molecule has 0 aliphatic heterocycles. The second kappa shape index (κ2) is 5.96. The predicted octanol–water partition coefficient (Wildman–Crippen LogP) is 1.96. The molecule has 0 heterocycles. The topological polar surface area (TPSA) is 102 Å². The fraction of sp³-hybridized carbons (Fsp3) is 0.0667. The van der Waals surface area contributed by atoms with Crippen molar-refractivity contribution in [2.75, 3.05) is 0 Å². The van der Waals surface area contributed by atoms with E-state index < -0.39 is 5.91 Å². The molecule has 0 bridgehead atoms. The van der Waals surface area contributed by atoms with Crippen LogP contribution in [0.3, 0.4) is 0 Å². The number of benzene rings is 2. The van der Waals surface area contributed by atoms with Crippen LogP contribution < -0.4 is 5.43 Å². The first-order valence-corrected chi connectivity index (χ1v) is 6.13. The van der Waals surface area contributed by atoms with Crippen molar-refractivity contribution in [1.29, 1.82) is 0 Å². The van der Waals surface area contributed by atoms with Crippen LogP contribution in [-0.4, -0.2) is 26.9 Å². The Labute approximate surface area is 121 Å². The van der Waals surface area contributed by atoms with E-state index in [-0.39, 0.29) is 22.8 Å². The largest absolute Gasteiger partial charge is 0.508 e. The average molecular weight is 286 g/mol. The number of carbonyl (C=O) groups is 1. The van der Waals surface area contributed by atoms with Gasteiger partial charge in [-0.25, -0.2) is 5.43 Å². The smallest absolute Gasteiger partial charge is 0.271 e. The van der Waals surface area contributed by atoms with E-state index in [9.17, 15) is 20.1 Å². The monoisotopic (exact) mass is 286 g/mol. The normalized spacial score (nSPS) is 11.2. The fourth-order valence-corrected chi connectivity index (χ4v) is 1.69. The molecule has 0 aliphatic rings. The summed E-state index contributed by atoms with van der Waals surface area (Å²) in [7, 11) is 0. The number of hydrogen-bond acceptors (Lipinski definition) is 5. The molecule has 2 rings (SSSR count). The molecule has 6 heteroatoms. The number of hydrogen-bond donors (Lipinski definition) is 4. The number of phenolic OH excluding ortho intramolecular Hbond substituents is 3. The SMILES string of the molecule is CC(=NNC(=O)c1cc(O)cc(O)c1)c1ccc(O)cc1. The quantitative estimate of drug-likeness (QED) is 0.511. The van der Waals surface area contributed by atoms with Crippen LogP contribution in [0.25, 0.3) is 0 Å². The van der Waals surface area contributed by atoms with E-state index in [1.807, 2.05) is 0 Å². The van der Waals surface area contributed by atoms with Crippen molar-refractivity contribution in [2.24, 2.45) is 5.10 Å². The number of carbonyl (C=O) groups excluding carboxylic acids is 1. The minimum absolute atomic E-state index is 0.0924. The number of nitrogens with zero attached hydrogens (tertiary/aromatic N) is 1. The number of rotatable bonds is 3. The van der Waals surface area contributed by atoms with Crippen LogP contribution in [0.5, 0.6) is 17.2 Å². The Bertz CT molecular complexity index is 673. The molecule has 4 N–H and O–H groups in total. The second-order valence-corrected chi connectivity index (χ2v) is 4.42. The summed E-state index contributed by atoms with van der Waals surface area (Å²) in [4.78, 5) is 11.9. The van der Waals surface area contributed by atoms with E-state index in [2.05, 4.69) is 10.5 Å². The van der Waals surface area contributed by atoms with E-state index in [1.165, 1.54) is 24.3 Å². The number of nitrogens with one attached hydrogen (secondary N) is 1. The van der Waals surface area contributed by atoms with Crippen molar-refractivity contribution in [3.8, 4) is 17.2 Å². The highest BCUT2D eigenvalue weighted by Gasteiger charge is 2.08. The molecule has 0 radical (unpaired) electrons. The van der Waals surface area contributed by atoms with Crippen molar-refractivity contribution in [1.82, 2.24) is 5.43 Å². The van der Waals surface area contributed by atoms with E-state index in [1.54, 1.807) is 19.1 Å². The highest BCUT2D eigenvalue weighted by atomic mass is 16.3. The molecule has 21 heavy (non-hydrogen) atoms. The van der Waals surface area contributed by atoms with Crippen LogP contribution in [0, 0.1) is 0 Å². The summed E-state index contributed by atoms with van der Waals surface area (Å²) >= 11 is 0. The Balaban J connectivity index is 2.12. The third-order valence-corrected chi connectivity index (χ3v) is 2.77. The molecule has 0 saturated carbocycles. The third-order valence-electron chi connectivity index (χ3n) is 2.77. The van der Waals surface area contributed by atoms with Crippen molar-refractivity contribution < 1.29 is 20.1 Å². The summed E-state index contributed by atoms with van der Waals surface area (Å²) < 4.78 is 0. The van der Waals surface area contributed by atoms with Crippen molar-refractivity contribution in [2.45, 2.75) is 6.92 Å². The summed E-state index contributed by atoms with van der Waals surface area (Å²) in [6.07, 6.45) is 0. The molecule has 0 saturated heterocycles. The lowest BCUT2D eigenvalue weighted by atomic mass is 10.1. The zero-order chi connectivity index (χ0) is 15.4. The Morgan fingerprint density at radius 1 is 0.905 bits per heavy atom. The molecule has 0 fully saturated rings. The van der Waals surface area contributed by atoms with Gasteiger partial charge in [0.05, 0.1) is 5.71 Å². The molecule has 2 aromatic carbocycles. The molecule has 0 spiro atoms. The highest BCUT2D eigenvalue weighted by Crippen LogP contribution is 2.20. The maximum atomic E-state index is 11.9. The lowest BCUT2D eigenvalue weighted by Gasteiger charge is -2.04. The van der Waals surface area contributed by atoms with E-state index in [0.717, 1.165) is 11.6 Å². The van der Waals surface area contributed by atoms with Gasteiger partial charge in [-0.1, -0.05) is 0 Å². The molecule has 0 atom stereocenters. The second-order valence-electron chi connectivity index (χ2n) is 4.42. The zero-order valence-corrected chi connectivity index (χ0v) is 11.2. The molecular weight excluding hydrogens is 272 g/mol. The van der Waals surface area contributed by atoms with Crippen LogP contribution in [0.4, 0.5) is 0 Å². The third kappa shape index (κ3) is 3.73. The fourth-order valence-electron chi connectivity index (χ4n) is 1.69. The van der Waals surface area contributed by atoms with Gasteiger partial charge in [0, 0.05) is 11.6 Å². The first-order chi connectivity index (χ1) is 9.95. The van der Waals surface area contributed by atoms with Crippen LogP contribution >= 0.6 is 0 Å². The van der Waals surface area contributed by atoms with Gasteiger partial charge >= 0.3 is 0 Å². The van der Waals surface area contributed by atoms with Gasteiger partial charge in [0.25, 0.3) is 5.91 Å². The molecule has 0 aromatic heterocycles. The number of phenols is 3. The number of hydrazone groups is 1. The summed E-state index contributed by atoms with van der Waals surface area (Å²) in [5.41, 5.74) is 3.71. The van der Waals surface area contributed by atoms with Gasteiger partial charge < -0.3 is 15.3 Å². The molecule has 0 aliphatic carbocycles. The number of aromatic hydroxyl groups is 3. The van der Waals surface area contributed by atoms with E-state index in [4.69, 9.17) is 0 Å². The van der Waals surface area contributed by atoms with Gasteiger partial charge in [-0.05, 0) is 48.9 Å². The average Bonchev–Trinajstić information content (AvgIpc) is 2.44. The summed E-state index contributed by atoms with van der Waals surface area (Å²) in [5.74, 6) is -0.830. The van der Waals surface area contributed by atoms with E-state index in [0.29, 0.717) is 5.71 Å². The lowest BCUT2D eigenvalue weighted by molar-refractivity contribution is 0.0954. The van der Waals surface area contributed by atoms with Crippen LogP contribution in [0.2, 0.25) is 0 Å². The van der Waals surface area contributed by atoms with Gasteiger partial charge in [0.2, 0.25) is 0 Å². The van der Waals surface area contributed by atoms with E-state index >= 15 is 0 Å². The molecule has 2 aromatic rings. The predicted molar refractivity (Wildman–Crippen MR) is 77.6 cm³/mol. The van der Waals surface area contributed by atoms with Gasteiger partial charge in [-0.2, -0.15) is 5.10 Å². The van der Waals surface area contributed by atoms with Crippen LogP contribution in [0.15, 0.2) is 47.6 Å². The molecule has 1 amide bonds. The maximum absolute atomic E-state index is 11.9. The standard InChI is InChI=1S/C15H14N2O4/c1-9(10-2-4-12(18)5-3-10)16-17-15(21)11-6-13(19)8-14(20)7-11/h2-8,18-20H,1H3,(H,17,21). The van der Waals surface area contributed by atoms with Crippen LogP contribution in [0.1, 0.15) is 22.8 Å². The Hall–Kier alpha value is -3.02. The van der Waals surface area contributed by atoms with Crippen LogP contribution in [-0.2, 0) is 0 Å². The van der Waals surface area contributed by atoms with Gasteiger partial charge in [0.1, 0.15) is 17.2 Å². The minimum Gasteiger partial charge on any atom is -0.508 e. The maximum Gasteiger partial charge on any atom is 0.271 e. The van der Waals surface area contributed by atoms with Gasteiger partial charge in [-0.3, -0.25) is 4.79 Å². The Kier molecular flexibility index (Phi) is 4.08. The molecule has 6 nitrogen and oxygen atoms in total. The molecular formula is C15H14N2O4. The van der Waals surface area contributed by atoms with Crippen molar-refractivity contribution in [3.05, 3.63) is 53.6 Å². The van der Waals surface area contributed by atoms with Crippen molar-refractivity contribution >= 4 is 11.6 Å². The molecule has 108 valence electrons. The lowest BCUT2D eigenvalue weighted by Crippen LogP contribution is -2.19. The molecule has 0 unspecified atom stereocenters. The van der Waals surface area contributed by atoms with Gasteiger partial charge in [0.15, 0.2) is 0 Å². The first kappa shape index (κ1) is 14.4. The zero-order valence-electron chi connectivity index (χ0n) is 11.2. The summed E-state index contributed by atoms with van der Waals surface area (Å²) in [5, 5.41) is 31.8. The summed E-state index contributed by atoms with van der Waals surface area (Å²) in [6.45, 7) is 1.70. The Morgan fingerprint density at radius 3 is 2.05 bits per heavy atom. The van der Waals surface area contributed by atoms with Crippen molar-refractivity contribution in [3.63, 3.8) is 0 Å². The highest BCUT2D eigenvalue weighted by molar-refractivity contribution is 6.01. The summed E-state index contributed by atoms with van der Waals surface area (Å²) in [6, 6.07) is 9.94. The minimum atomic E-state index is -0.556. The van der Waals surface area contributed by atoms with Gasteiger partial charge in [-0.15, -0.1) is 0 Å². The number of amides is 1.